The van der Waals surface area contributed by atoms with Crippen LogP contribution in [-0.4, -0.2) is 71.3 Å². The van der Waals surface area contributed by atoms with Gasteiger partial charge in [-0.2, -0.15) is 0 Å². The van der Waals surface area contributed by atoms with E-state index in [2.05, 4.69) is 6.58 Å². The molecule has 1 aromatic rings. The summed E-state index contributed by atoms with van der Waals surface area (Å²) in [4.78, 5) is 44.9. The van der Waals surface area contributed by atoms with Crippen molar-refractivity contribution in [1.82, 2.24) is 4.90 Å². The lowest BCUT2D eigenvalue weighted by Gasteiger charge is -2.41. The third kappa shape index (κ3) is 3.86. The normalized spacial score (nSPS) is 29.4. The van der Waals surface area contributed by atoms with Crippen molar-refractivity contribution >= 4 is 23.5 Å². The molecule has 2 amide bonds. The van der Waals surface area contributed by atoms with Crippen LogP contribution in [0.2, 0.25) is 0 Å². The molecule has 0 radical (unpaired) electrons. The van der Waals surface area contributed by atoms with Gasteiger partial charge >= 0.3 is 5.97 Å². The van der Waals surface area contributed by atoms with Crippen molar-refractivity contribution in [3.8, 4) is 0 Å². The molecule has 3 saturated heterocycles. The van der Waals surface area contributed by atoms with Crippen molar-refractivity contribution < 1.29 is 29.0 Å². The van der Waals surface area contributed by atoms with Crippen LogP contribution in [0.3, 0.4) is 0 Å². The van der Waals surface area contributed by atoms with Crippen molar-refractivity contribution in [3.63, 3.8) is 0 Å². The number of hydrogen-bond donors (Lipinski definition) is 1. The third-order valence-electron chi connectivity index (χ3n) is 8.13. The van der Waals surface area contributed by atoms with E-state index in [4.69, 9.17) is 9.47 Å². The fourth-order valence-corrected chi connectivity index (χ4v) is 6.65. The Morgan fingerprint density at radius 3 is 2.56 bits per heavy atom. The Labute approximate surface area is 213 Å². The summed E-state index contributed by atoms with van der Waals surface area (Å²) in [5.41, 5.74) is 1.49. The minimum Gasteiger partial charge on any atom is -0.466 e. The first-order valence-corrected chi connectivity index (χ1v) is 12.9. The maximum Gasteiger partial charge on any atom is 0.312 e. The highest BCUT2D eigenvalue weighted by atomic mass is 16.6. The van der Waals surface area contributed by atoms with Gasteiger partial charge in [0, 0.05) is 12.2 Å². The number of aryl methyl sites for hydroxylation is 2. The zero-order valence-corrected chi connectivity index (χ0v) is 21.9. The number of rotatable bonds is 9. The molecule has 8 heteroatoms. The van der Waals surface area contributed by atoms with Gasteiger partial charge in [-0.05, 0) is 50.7 Å². The van der Waals surface area contributed by atoms with E-state index in [1.807, 2.05) is 45.9 Å². The number of likely N-dealkylation sites (tertiary alicyclic amines) is 1. The summed E-state index contributed by atoms with van der Waals surface area (Å²) in [5, 5.41) is 10.3. The number of fused-ring (bicyclic) bond motifs is 1. The van der Waals surface area contributed by atoms with Gasteiger partial charge in [-0.3, -0.25) is 14.4 Å². The number of aliphatic hydroxyl groups is 1. The minimum absolute atomic E-state index is 0.115. The molecule has 1 spiro atoms. The van der Waals surface area contributed by atoms with Gasteiger partial charge in [0.15, 0.2) is 0 Å². The zero-order chi connectivity index (χ0) is 26.4. The molecule has 2 bridgehead atoms. The van der Waals surface area contributed by atoms with Crippen LogP contribution in [0, 0.1) is 31.6 Å². The molecule has 3 heterocycles. The Kier molecular flexibility index (Phi) is 7.30. The lowest BCUT2D eigenvalue weighted by Crippen LogP contribution is -2.60. The molecule has 0 saturated carbocycles. The fourth-order valence-electron chi connectivity index (χ4n) is 6.65. The molecule has 1 N–H and O–H groups in total. The Balaban J connectivity index is 1.87. The molecule has 3 aliphatic heterocycles. The van der Waals surface area contributed by atoms with Crippen LogP contribution in [0.5, 0.6) is 0 Å². The van der Waals surface area contributed by atoms with Gasteiger partial charge in [0.1, 0.15) is 11.6 Å². The van der Waals surface area contributed by atoms with Crippen molar-refractivity contribution in [1.29, 1.82) is 0 Å². The van der Waals surface area contributed by atoms with Gasteiger partial charge < -0.3 is 24.4 Å². The summed E-state index contributed by atoms with van der Waals surface area (Å²) in [6.45, 7) is 13.5. The van der Waals surface area contributed by atoms with Crippen LogP contribution >= 0.6 is 0 Å². The molecule has 3 aliphatic rings. The average Bonchev–Trinajstić information content (AvgIpc) is 3.46. The highest BCUT2D eigenvalue weighted by Crippen LogP contribution is 2.59. The molecule has 0 aliphatic carbocycles. The number of ether oxygens (including phenoxy) is 2. The fraction of sp³-hybridized carbons (Fsp3) is 0.607. The maximum atomic E-state index is 14.6. The smallest absolute Gasteiger partial charge is 0.312 e. The highest BCUT2D eigenvalue weighted by molar-refractivity contribution is 6.05. The first-order valence-electron chi connectivity index (χ1n) is 12.9. The van der Waals surface area contributed by atoms with Gasteiger partial charge in [0.05, 0.1) is 37.2 Å². The lowest BCUT2D eigenvalue weighted by molar-refractivity contribution is -0.155. The second-order valence-corrected chi connectivity index (χ2v) is 10.5. The van der Waals surface area contributed by atoms with Gasteiger partial charge in [-0.15, -0.1) is 6.58 Å². The summed E-state index contributed by atoms with van der Waals surface area (Å²) >= 11 is 0. The standard InChI is InChI=1S/C28H38N2O6/c1-7-14-29(23-17(5)10-9-11-18(23)6)26(33)24-28-13-12-20(36-28)21(27(34)35-8-2)22(28)25(32)30(24)19(15-31)16(3)4/h7,9-11,16,19-22,24,31H,1,8,12-15H2,2-6H3/t19-,20+,21-,22-,24+,28-/m0/s1. The maximum absolute atomic E-state index is 14.6. The molecular formula is C28H38N2O6. The number of carbonyl (C=O) groups is 3. The Bertz CT molecular complexity index is 1030. The van der Waals surface area contributed by atoms with Crippen molar-refractivity contribution in [2.45, 2.75) is 71.2 Å². The number of para-hydroxylation sites is 1. The van der Waals surface area contributed by atoms with Crippen molar-refractivity contribution in [3.05, 3.63) is 42.0 Å². The quantitative estimate of drug-likeness (QED) is 0.416. The summed E-state index contributed by atoms with van der Waals surface area (Å²) in [7, 11) is 0. The predicted molar refractivity (Wildman–Crippen MR) is 135 cm³/mol. The van der Waals surface area contributed by atoms with Gasteiger partial charge in [0.25, 0.3) is 5.91 Å². The van der Waals surface area contributed by atoms with Crippen LogP contribution in [0.15, 0.2) is 30.9 Å². The Morgan fingerprint density at radius 2 is 2.00 bits per heavy atom. The van der Waals surface area contributed by atoms with E-state index in [0.717, 1.165) is 16.8 Å². The summed E-state index contributed by atoms with van der Waals surface area (Å²) in [6.07, 6.45) is 2.26. The van der Waals surface area contributed by atoms with Crippen LogP contribution in [0.1, 0.15) is 44.7 Å². The van der Waals surface area contributed by atoms with E-state index in [1.54, 1.807) is 17.9 Å². The number of nitrogens with zero attached hydrogens (tertiary/aromatic N) is 2. The summed E-state index contributed by atoms with van der Waals surface area (Å²) in [5.74, 6) is -2.76. The predicted octanol–water partition coefficient (Wildman–Crippen LogP) is 2.78. The van der Waals surface area contributed by atoms with Crippen LogP contribution in [0.25, 0.3) is 0 Å². The molecule has 1 aromatic carbocycles. The lowest BCUT2D eigenvalue weighted by atomic mass is 9.70. The number of aliphatic hydroxyl groups excluding tert-OH is 1. The van der Waals surface area contributed by atoms with Gasteiger partial charge in [-0.25, -0.2) is 0 Å². The van der Waals surface area contributed by atoms with Gasteiger partial charge in [-0.1, -0.05) is 38.1 Å². The molecule has 8 nitrogen and oxygen atoms in total. The molecule has 4 rings (SSSR count). The van der Waals surface area contributed by atoms with Crippen LogP contribution < -0.4 is 4.90 Å². The first-order chi connectivity index (χ1) is 17.1. The number of esters is 1. The average molecular weight is 499 g/mol. The largest absolute Gasteiger partial charge is 0.466 e. The van der Waals surface area contributed by atoms with E-state index in [1.165, 1.54) is 4.90 Å². The second kappa shape index (κ2) is 9.98. The molecule has 0 aromatic heterocycles. The van der Waals surface area contributed by atoms with E-state index in [-0.39, 0.29) is 37.5 Å². The monoisotopic (exact) mass is 498 g/mol. The zero-order valence-electron chi connectivity index (χ0n) is 21.9. The number of benzene rings is 1. The molecule has 196 valence electrons. The third-order valence-corrected chi connectivity index (χ3v) is 8.13. The van der Waals surface area contributed by atoms with Crippen molar-refractivity contribution in [2.24, 2.45) is 17.8 Å². The number of anilines is 1. The van der Waals surface area contributed by atoms with Crippen LogP contribution in [-0.2, 0) is 23.9 Å². The van der Waals surface area contributed by atoms with E-state index >= 15 is 0 Å². The van der Waals surface area contributed by atoms with E-state index in [0.29, 0.717) is 12.8 Å². The summed E-state index contributed by atoms with van der Waals surface area (Å²) < 4.78 is 11.8. The van der Waals surface area contributed by atoms with Crippen molar-refractivity contribution in [2.75, 3.05) is 24.7 Å². The Hall–Kier alpha value is -2.71. The van der Waals surface area contributed by atoms with Gasteiger partial charge in [0.2, 0.25) is 5.91 Å². The minimum atomic E-state index is -1.14. The van der Waals surface area contributed by atoms with Crippen LogP contribution in [0.4, 0.5) is 5.69 Å². The molecule has 3 fully saturated rings. The molecule has 6 atom stereocenters. The second-order valence-electron chi connectivity index (χ2n) is 10.5. The SMILES string of the molecule is C=CCN(C(=O)[C@H]1N([C@@H](CO)C(C)C)C(=O)[C@@H]2[C@@H](C(=O)OCC)[C@H]3CC[C@]21O3)c1c(C)cccc1C. The highest BCUT2D eigenvalue weighted by Gasteiger charge is 2.75. The number of amides is 2. The number of carbonyl (C=O) groups excluding carboxylic acids is 3. The van der Waals surface area contributed by atoms with E-state index in [9.17, 15) is 19.5 Å². The molecular weight excluding hydrogens is 460 g/mol. The topological polar surface area (TPSA) is 96.4 Å². The molecule has 0 unspecified atom stereocenters. The van der Waals surface area contributed by atoms with E-state index < -0.39 is 41.6 Å². The Morgan fingerprint density at radius 1 is 1.33 bits per heavy atom. The number of hydrogen-bond acceptors (Lipinski definition) is 6. The summed E-state index contributed by atoms with van der Waals surface area (Å²) in [6, 6.07) is 4.27. The first kappa shape index (κ1) is 26.4. The molecule has 36 heavy (non-hydrogen) atoms.